The zero-order chi connectivity index (χ0) is 23.2. The van der Waals surface area contributed by atoms with Crippen molar-refractivity contribution in [3.8, 4) is 5.75 Å². The highest BCUT2D eigenvalue weighted by molar-refractivity contribution is 6.31. The van der Waals surface area contributed by atoms with Crippen molar-refractivity contribution in [2.45, 2.75) is 13.0 Å². The van der Waals surface area contributed by atoms with E-state index in [1.807, 2.05) is 42.5 Å². The van der Waals surface area contributed by atoms with E-state index >= 15 is 0 Å². The molecule has 0 radical (unpaired) electrons. The smallest absolute Gasteiger partial charge is 0.245 e. The largest absolute Gasteiger partial charge is 0.489 e. The lowest BCUT2D eigenvalue weighted by molar-refractivity contribution is -0.126. The molecule has 1 saturated heterocycles. The Morgan fingerprint density at radius 3 is 2.73 bits per heavy atom. The van der Waals surface area contributed by atoms with Crippen LogP contribution in [0.15, 0.2) is 77.9 Å². The number of hydrazone groups is 1. The third kappa shape index (κ3) is 5.75. The lowest BCUT2D eigenvalue weighted by Crippen LogP contribution is -2.30. The van der Waals surface area contributed by atoms with Gasteiger partial charge in [-0.15, -0.1) is 0 Å². The van der Waals surface area contributed by atoms with Gasteiger partial charge in [0.1, 0.15) is 18.2 Å². The number of hydrogen-bond acceptors (Lipinski definition) is 4. The molecule has 0 saturated carbocycles. The predicted molar refractivity (Wildman–Crippen MR) is 125 cm³/mol. The summed E-state index contributed by atoms with van der Waals surface area (Å²) in [5.74, 6) is -0.816. The maximum absolute atomic E-state index is 13.1. The molecule has 0 aromatic heterocycles. The zero-order valence-electron chi connectivity index (χ0n) is 17.6. The Kier molecular flexibility index (Phi) is 7.00. The normalized spacial score (nSPS) is 15.8. The maximum Gasteiger partial charge on any atom is 0.245 e. The van der Waals surface area contributed by atoms with Gasteiger partial charge < -0.3 is 9.64 Å². The molecule has 0 bridgehead atoms. The minimum atomic E-state index is -0.537. The number of anilines is 1. The number of amides is 2. The maximum atomic E-state index is 13.1. The monoisotopic (exact) mass is 465 g/mol. The van der Waals surface area contributed by atoms with Crippen LogP contribution in [-0.4, -0.2) is 24.6 Å². The number of rotatable bonds is 7. The van der Waals surface area contributed by atoms with Crippen LogP contribution < -0.4 is 15.1 Å². The fraction of sp³-hybridized carbons (Fsp3) is 0.160. The molecule has 8 heteroatoms. The summed E-state index contributed by atoms with van der Waals surface area (Å²) in [5.41, 5.74) is 4.68. The highest BCUT2D eigenvalue weighted by atomic mass is 35.5. The van der Waals surface area contributed by atoms with Crippen LogP contribution in [0.4, 0.5) is 10.1 Å². The van der Waals surface area contributed by atoms with Crippen molar-refractivity contribution in [1.29, 1.82) is 0 Å². The Balaban J connectivity index is 1.31. The van der Waals surface area contributed by atoms with Gasteiger partial charge >= 0.3 is 0 Å². The topological polar surface area (TPSA) is 71.0 Å². The second-order valence-corrected chi connectivity index (χ2v) is 7.98. The number of carbonyl (C=O) groups excluding carboxylic acids is 2. The lowest BCUT2D eigenvalue weighted by Gasteiger charge is -2.16. The van der Waals surface area contributed by atoms with Gasteiger partial charge in [-0.1, -0.05) is 41.9 Å². The van der Waals surface area contributed by atoms with Crippen LogP contribution in [-0.2, 0) is 16.2 Å². The molecule has 3 aromatic carbocycles. The van der Waals surface area contributed by atoms with Gasteiger partial charge in [0, 0.05) is 29.2 Å². The van der Waals surface area contributed by atoms with Gasteiger partial charge in [-0.05, 0) is 48.0 Å². The Morgan fingerprint density at radius 1 is 1.15 bits per heavy atom. The number of hydrogen-bond donors (Lipinski definition) is 1. The van der Waals surface area contributed by atoms with Gasteiger partial charge in [0.15, 0.2) is 0 Å². The summed E-state index contributed by atoms with van der Waals surface area (Å²) in [4.78, 5) is 26.2. The summed E-state index contributed by atoms with van der Waals surface area (Å²) < 4.78 is 18.9. The van der Waals surface area contributed by atoms with E-state index in [4.69, 9.17) is 16.3 Å². The summed E-state index contributed by atoms with van der Waals surface area (Å²) in [7, 11) is 0. The molecular formula is C25H21ClFN3O3. The van der Waals surface area contributed by atoms with Gasteiger partial charge in [-0.25, -0.2) is 9.82 Å². The van der Waals surface area contributed by atoms with Crippen LogP contribution in [0, 0.1) is 11.7 Å². The second kappa shape index (κ2) is 10.3. The quantitative estimate of drug-likeness (QED) is 0.410. The molecule has 1 fully saturated rings. The summed E-state index contributed by atoms with van der Waals surface area (Å²) in [5, 5.41) is 4.65. The van der Waals surface area contributed by atoms with E-state index in [1.54, 1.807) is 6.07 Å². The van der Waals surface area contributed by atoms with E-state index in [1.165, 1.54) is 35.4 Å². The van der Waals surface area contributed by atoms with E-state index in [0.717, 1.165) is 11.1 Å². The average Bonchev–Trinajstić information content (AvgIpc) is 3.21. The van der Waals surface area contributed by atoms with Gasteiger partial charge in [0.05, 0.1) is 12.1 Å². The first-order chi connectivity index (χ1) is 16.0. The molecule has 0 aliphatic carbocycles. The van der Waals surface area contributed by atoms with Crippen LogP contribution in [0.2, 0.25) is 5.02 Å². The standard InChI is InChI=1S/C25H21ClFN3O3/c26-23-7-2-1-5-18(23)16-33-22-6-3-4-17(12-22)14-28-29-25(32)19-13-24(31)30(15-19)21-10-8-20(27)9-11-21/h1-12,14,19H,13,15-16H2,(H,29,32)/b28-14-/t19-/m0/s1. The van der Waals surface area contributed by atoms with Crippen molar-refractivity contribution in [1.82, 2.24) is 5.43 Å². The average molecular weight is 466 g/mol. The van der Waals surface area contributed by atoms with Crippen molar-refractivity contribution >= 4 is 35.3 Å². The van der Waals surface area contributed by atoms with Crippen molar-refractivity contribution in [3.05, 3.63) is 94.8 Å². The van der Waals surface area contributed by atoms with Gasteiger partial charge in [0.2, 0.25) is 11.8 Å². The minimum Gasteiger partial charge on any atom is -0.489 e. The fourth-order valence-electron chi connectivity index (χ4n) is 3.48. The first-order valence-electron chi connectivity index (χ1n) is 10.3. The van der Waals surface area contributed by atoms with E-state index in [9.17, 15) is 14.0 Å². The summed E-state index contributed by atoms with van der Waals surface area (Å²) >= 11 is 6.15. The molecule has 168 valence electrons. The molecule has 0 spiro atoms. The van der Waals surface area contributed by atoms with Crippen molar-refractivity contribution < 1.29 is 18.7 Å². The highest BCUT2D eigenvalue weighted by Crippen LogP contribution is 2.25. The Hall–Kier alpha value is -3.71. The van der Waals surface area contributed by atoms with Crippen LogP contribution in [0.3, 0.4) is 0 Å². The van der Waals surface area contributed by atoms with Crippen molar-refractivity contribution in [2.75, 3.05) is 11.4 Å². The molecule has 1 aliphatic rings. The Bertz CT molecular complexity index is 1180. The predicted octanol–water partition coefficient (Wildman–Crippen LogP) is 4.56. The number of nitrogens with one attached hydrogen (secondary N) is 1. The second-order valence-electron chi connectivity index (χ2n) is 7.57. The number of nitrogens with zero attached hydrogens (tertiary/aromatic N) is 2. The van der Waals surface area contributed by atoms with E-state index < -0.39 is 5.92 Å². The molecule has 4 rings (SSSR count). The molecule has 2 amide bonds. The van der Waals surface area contributed by atoms with Crippen molar-refractivity contribution in [3.63, 3.8) is 0 Å². The number of benzene rings is 3. The molecule has 1 atom stereocenters. The molecule has 1 N–H and O–H groups in total. The SMILES string of the molecule is O=C(N/N=C\c1cccc(OCc2ccccc2Cl)c1)[C@H]1CC(=O)N(c2ccc(F)cc2)C1. The minimum absolute atomic E-state index is 0.0735. The van der Waals surface area contributed by atoms with Gasteiger partial charge in [-0.2, -0.15) is 5.10 Å². The van der Waals surface area contributed by atoms with Crippen molar-refractivity contribution in [2.24, 2.45) is 11.0 Å². The number of carbonyl (C=O) groups is 2. The summed E-state index contributed by atoms with van der Waals surface area (Å²) in [6.45, 7) is 0.550. The molecule has 0 unspecified atom stereocenters. The summed E-state index contributed by atoms with van der Waals surface area (Å²) in [6, 6.07) is 20.3. The lowest BCUT2D eigenvalue weighted by atomic mass is 10.1. The van der Waals surface area contributed by atoms with E-state index in [0.29, 0.717) is 23.1 Å². The third-order valence-electron chi connectivity index (χ3n) is 5.23. The van der Waals surface area contributed by atoms with Crippen LogP contribution >= 0.6 is 11.6 Å². The van der Waals surface area contributed by atoms with Crippen LogP contribution in [0.5, 0.6) is 5.75 Å². The van der Waals surface area contributed by atoms with Crippen LogP contribution in [0.1, 0.15) is 17.5 Å². The molecule has 3 aromatic rings. The fourth-order valence-corrected chi connectivity index (χ4v) is 3.67. The Morgan fingerprint density at radius 2 is 1.94 bits per heavy atom. The van der Waals surface area contributed by atoms with E-state index in [-0.39, 0.29) is 30.6 Å². The highest BCUT2D eigenvalue weighted by Gasteiger charge is 2.35. The Labute approximate surface area is 195 Å². The molecular weight excluding hydrogens is 445 g/mol. The molecule has 1 heterocycles. The molecule has 33 heavy (non-hydrogen) atoms. The number of halogens is 2. The number of ether oxygens (including phenoxy) is 1. The zero-order valence-corrected chi connectivity index (χ0v) is 18.3. The third-order valence-corrected chi connectivity index (χ3v) is 5.60. The van der Waals surface area contributed by atoms with Gasteiger partial charge in [0.25, 0.3) is 0 Å². The van der Waals surface area contributed by atoms with E-state index in [2.05, 4.69) is 10.5 Å². The molecule has 6 nitrogen and oxygen atoms in total. The van der Waals surface area contributed by atoms with Crippen LogP contribution in [0.25, 0.3) is 0 Å². The first-order valence-corrected chi connectivity index (χ1v) is 10.7. The first kappa shape index (κ1) is 22.5. The molecule has 1 aliphatic heterocycles. The van der Waals surface area contributed by atoms with Gasteiger partial charge in [-0.3, -0.25) is 9.59 Å². The summed E-state index contributed by atoms with van der Waals surface area (Å²) in [6.07, 6.45) is 1.58.